The van der Waals surface area contributed by atoms with E-state index in [1.807, 2.05) is 6.92 Å². The van der Waals surface area contributed by atoms with E-state index < -0.39 is 6.10 Å². The van der Waals surface area contributed by atoms with Crippen LogP contribution in [-0.4, -0.2) is 64.9 Å². The van der Waals surface area contributed by atoms with Crippen molar-refractivity contribution < 1.29 is 9.84 Å². The molecule has 1 aromatic heterocycles. The Hall–Kier alpha value is -2.86. The fourth-order valence-corrected chi connectivity index (χ4v) is 5.01. The Morgan fingerprint density at radius 2 is 1.33 bits per heavy atom. The van der Waals surface area contributed by atoms with Gasteiger partial charge in [0, 0.05) is 61.1 Å². The van der Waals surface area contributed by atoms with Gasteiger partial charge in [-0.3, -0.25) is 9.80 Å². The average molecular weight is 444 g/mol. The van der Waals surface area contributed by atoms with Crippen LogP contribution in [0.15, 0.2) is 72.8 Å². The Bertz CT molecular complexity index is 1140. The third kappa shape index (κ3) is 4.91. The maximum absolute atomic E-state index is 11.0. The zero-order chi connectivity index (χ0) is 22.6. The number of aliphatic hydroxyl groups is 1. The molecule has 0 bridgehead atoms. The smallest absolute Gasteiger partial charge is 0.119 e. The molecular weight excluding hydrogens is 410 g/mol. The molecule has 3 aromatic carbocycles. The van der Waals surface area contributed by atoms with Gasteiger partial charge in [0.15, 0.2) is 0 Å². The quantitative estimate of drug-likeness (QED) is 0.439. The summed E-state index contributed by atoms with van der Waals surface area (Å²) >= 11 is 0. The second kappa shape index (κ2) is 9.96. The SMILES string of the molecule is CCOc1ccc(CN2CCN(CC(O)Cn3c4ccccc4c4ccccc43)CC2)cc1. The van der Waals surface area contributed by atoms with Crippen LogP contribution >= 0.6 is 0 Å². The van der Waals surface area contributed by atoms with Gasteiger partial charge in [0.1, 0.15) is 5.75 Å². The number of hydrogen-bond donors (Lipinski definition) is 1. The van der Waals surface area contributed by atoms with Crippen molar-refractivity contribution in [3.8, 4) is 5.75 Å². The lowest BCUT2D eigenvalue weighted by atomic mass is 10.2. The van der Waals surface area contributed by atoms with Crippen molar-refractivity contribution in [1.82, 2.24) is 14.4 Å². The van der Waals surface area contributed by atoms with Crippen molar-refractivity contribution in [2.24, 2.45) is 0 Å². The Balaban J connectivity index is 1.17. The lowest BCUT2D eigenvalue weighted by molar-refractivity contribution is 0.0634. The summed E-state index contributed by atoms with van der Waals surface area (Å²) in [7, 11) is 0. The summed E-state index contributed by atoms with van der Waals surface area (Å²) < 4.78 is 7.82. The van der Waals surface area contributed by atoms with E-state index in [4.69, 9.17) is 4.74 Å². The van der Waals surface area contributed by atoms with Gasteiger partial charge in [-0.05, 0) is 36.8 Å². The Labute approximate surface area is 195 Å². The van der Waals surface area contributed by atoms with Crippen molar-refractivity contribution in [3.63, 3.8) is 0 Å². The highest BCUT2D eigenvalue weighted by atomic mass is 16.5. The van der Waals surface area contributed by atoms with Crippen LogP contribution in [0.25, 0.3) is 21.8 Å². The Morgan fingerprint density at radius 1 is 0.758 bits per heavy atom. The largest absolute Gasteiger partial charge is 0.494 e. The van der Waals surface area contributed by atoms with Gasteiger partial charge in [0.2, 0.25) is 0 Å². The number of piperazine rings is 1. The molecule has 0 spiro atoms. The Kier molecular flexibility index (Phi) is 6.63. The predicted molar refractivity (Wildman–Crippen MR) is 135 cm³/mol. The molecule has 0 radical (unpaired) electrons. The van der Waals surface area contributed by atoms with Crippen molar-refractivity contribution in [2.45, 2.75) is 26.1 Å². The van der Waals surface area contributed by atoms with E-state index in [1.54, 1.807) is 0 Å². The van der Waals surface area contributed by atoms with E-state index in [0.717, 1.165) is 38.5 Å². The van der Waals surface area contributed by atoms with Crippen molar-refractivity contribution in [1.29, 1.82) is 0 Å². The second-order valence-corrected chi connectivity index (χ2v) is 8.95. The van der Waals surface area contributed by atoms with Crippen LogP contribution in [0.3, 0.4) is 0 Å². The van der Waals surface area contributed by atoms with Crippen LogP contribution < -0.4 is 4.74 Å². The van der Waals surface area contributed by atoms with Crippen molar-refractivity contribution in [2.75, 3.05) is 39.3 Å². The topological polar surface area (TPSA) is 40.9 Å². The van der Waals surface area contributed by atoms with E-state index >= 15 is 0 Å². The molecule has 2 heterocycles. The van der Waals surface area contributed by atoms with E-state index in [9.17, 15) is 5.11 Å². The number of β-amino-alcohol motifs (C(OH)–C–C–N with tert-alkyl or cyclic N) is 1. The molecule has 5 nitrogen and oxygen atoms in total. The number of fused-ring (bicyclic) bond motifs is 3. The van der Waals surface area contributed by atoms with Gasteiger partial charge >= 0.3 is 0 Å². The van der Waals surface area contributed by atoms with Crippen LogP contribution in [0.4, 0.5) is 0 Å². The molecule has 1 aliphatic rings. The molecule has 0 saturated carbocycles. The summed E-state index contributed by atoms with van der Waals surface area (Å²) in [5.74, 6) is 0.934. The first-order valence-electron chi connectivity index (χ1n) is 12.0. The summed E-state index contributed by atoms with van der Waals surface area (Å²) in [6.45, 7) is 9.01. The van der Waals surface area contributed by atoms with Gasteiger partial charge < -0.3 is 14.4 Å². The van der Waals surface area contributed by atoms with Gasteiger partial charge in [0.05, 0.1) is 19.3 Å². The zero-order valence-corrected chi connectivity index (χ0v) is 19.4. The number of aromatic nitrogens is 1. The predicted octanol–water partition coefficient (Wildman–Crippen LogP) is 4.37. The molecule has 1 unspecified atom stereocenters. The number of ether oxygens (including phenoxy) is 1. The molecule has 1 N–H and O–H groups in total. The average Bonchev–Trinajstić information content (AvgIpc) is 3.15. The van der Waals surface area contributed by atoms with Crippen molar-refractivity contribution in [3.05, 3.63) is 78.4 Å². The summed E-state index contributed by atoms with van der Waals surface area (Å²) in [4.78, 5) is 4.89. The molecule has 5 heteroatoms. The van der Waals surface area contributed by atoms with Gasteiger partial charge in [-0.1, -0.05) is 48.5 Å². The highest BCUT2D eigenvalue weighted by Crippen LogP contribution is 2.29. The molecule has 0 aliphatic carbocycles. The zero-order valence-electron chi connectivity index (χ0n) is 19.4. The number of aliphatic hydroxyl groups excluding tert-OH is 1. The fraction of sp³-hybridized carbons (Fsp3) is 0.357. The maximum Gasteiger partial charge on any atom is 0.119 e. The van der Waals surface area contributed by atoms with Gasteiger partial charge in [-0.2, -0.15) is 0 Å². The molecule has 1 aliphatic heterocycles. The van der Waals surface area contributed by atoms with E-state index in [-0.39, 0.29) is 0 Å². The fourth-order valence-electron chi connectivity index (χ4n) is 5.01. The van der Waals surface area contributed by atoms with Crippen LogP contribution in [0.2, 0.25) is 0 Å². The van der Waals surface area contributed by atoms with Gasteiger partial charge in [-0.15, -0.1) is 0 Å². The van der Waals surface area contributed by atoms with E-state index in [0.29, 0.717) is 19.7 Å². The summed E-state index contributed by atoms with van der Waals surface area (Å²) in [5.41, 5.74) is 3.70. The van der Waals surface area contributed by atoms with E-state index in [2.05, 4.69) is 87.2 Å². The van der Waals surface area contributed by atoms with Gasteiger partial charge in [-0.25, -0.2) is 0 Å². The normalized spacial score (nSPS) is 16.4. The highest BCUT2D eigenvalue weighted by Gasteiger charge is 2.20. The third-order valence-electron chi connectivity index (χ3n) is 6.65. The summed E-state index contributed by atoms with van der Waals surface area (Å²) in [6, 6.07) is 25.4. The highest BCUT2D eigenvalue weighted by molar-refractivity contribution is 6.07. The van der Waals surface area contributed by atoms with Gasteiger partial charge in [0.25, 0.3) is 0 Å². The molecular formula is C28H33N3O2. The van der Waals surface area contributed by atoms with E-state index in [1.165, 1.54) is 27.4 Å². The minimum absolute atomic E-state index is 0.401. The molecule has 1 fully saturated rings. The number of para-hydroxylation sites is 2. The number of benzene rings is 3. The molecule has 1 saturated heterocycles. The molecule has 172 valence electrons. The first kappa shape index (κ1) is 22.0. The minimum Gasteiger partial charge on any atom is -0.494 e. The second-order valence-electron chi connectivity index (χ2n) is 8.95. The van der Waals surface area contributed by atoms with Crippen LogP contribution in [-0.2, 0) is 13.1 Å². The molecule has 4 aromatic rings. The van der Waals surface area contributed by atoms with Crippen molar-refractivity contribution >= 4 is 21.8 Å². The monoisotopic (exact) mass is 443 g/mol. The molecule has 33 heavy (non-hydrogen) atoms. The number of rotatable bonds is 8. The number of hydrogen-bond acceptors (Lipinski definition) is 4. The minimum atomic E-state index is -0.401. The standard InChI is InChI=1S/C28H33N3O2/c1-2-33-24-13-11-22(12-14-24)19-29-15-17-30(18-16-29)20-23(32)21-31-27-9-5-3-7-25(27)26-8-4-6-10-28(26)31/h3-14,23,32H,2,15-21H2,1H3. The molecule has 1 atom stereocenters. The van der Waals surface area contributed by atoms with Crippen LogP contribution in [0, 0.1) is 0 Å². The van der Waals surface area contributed by atoms with Crippen LogP contribution in [0.1, 0.15) is 12.5 Å². The Morgan fingerprint density at radius 3 is 1.94 bits per heavy atom. The first-order valence-corrected chi connectivity index (χ1v) is 12.0. The first-order chi connectivity index (χ1) is 16.2. The molecule has 5 rings (SSSR count). The maximum atomic E-state index is 11.0. The molecule has 0 amide bonds. The van der Waals surface area contributed by atoms with Crippen LogP contribution in [0.5, 0.6) is 5.75 Å². The number of nitrogens with zero attached hydrogens (tertiary/aromatic N) is 3. The third-order valence-corrected chi connectivity index (χ3v) is 6.65. The lowest BCUT2D eigenvalue weighted by Crippen LogP contribution is -2.48. The lowest BCUT2D eigenvalue weighted by Gasteiger charge is -2.35. The summed E-state index contributed by atoms with van der Waals surface area (Å²) in [5, 5.41) is 13.5. The summed E-state index contributed by atoms with van der Waals surface area (Å²) in [6.07, 6.45) is -0.401.